The van der Waals surface area contributed by atoms with Gasteiger partial charge in [-0.1, -0.05) is 29.8 Å². The van der Waals surface area contributed by atoms with Crippen LogP contribution in [0.25, 0.3) is 10.1 Å². The molecule has 19 heavy (non-hydrogen) atoms. The molecule has 1 fully saturated rings. The first-order chi connectivity index (χ1) is 9.28. The van der Waals surface area contributed by atoms with Gasteiger partial charge >= 0.3 is 0 Å². The standard InChI is InChI=1S/C15H18ClNOS/c1-18-11-6-8-17(9-7-11)10-14-15(16)12-4-2-3-5-13(12)19-14/h2-5,11H,6-10H2,1H3. The molecule has 1 aliphatic heterocycles. The van der Waals surface area contributed by atoms with Crippen LogP contribution in [0, 0.1) is 0 Å². The van der Waals surface area contributed by atoms with E-state index in [0.717, 1.165) is 37.5 Å². The van der Waals surface area contributed by atoms with Crippen molar-refractivity contribution in [2.24, 2.45) is 0 Å². The molecule has 0 saturated carbocycles. The second-order valence-corrected chi connectivity index (χ2v) is 6.56. The van der Waals surface area contributed by atoms with E-state index in [1.807, 2.05) is 18.4 Å². The lowest BCUT2D eigenvalue weighted by Gasteiger charge is -2.30. The van der Waals surface area contributed by atoms with Crippen molar-refractivity contribution in [1.29, 1.82) is 0 Å². The summed E-state index contributed by atoms with van der Waals surface area (Å²) >= 11 is 8.31. The molecule has 0 radical (unpaired) electrons. The summed E-state index contributed by atoms with van der Waals surface area (Å²) in [5, 5.41) is 2.13. The van der Waals surface area contributed by atoms with Gasteiger partial charge in [0.15, 0.2) is 0 Å². The normalized spacial score (nSPS) is 18.2. The average molecular weight is 296 g/mol. The van der Waals surface area contributed by atoms with Crippen LogP contribution in [0.3, 0.4) is 0 Å². The summed E-state index contributed by atoms with van der Waals surface area (Å²) in [7, 11) is 1.81. The van der Waals surface area contributed by atoms with Crippen molar-refractivity contribution in [3.8, 4) is 0 Å². The van der Waals surface area contributed by atoms with Crippen molar-refractivity contribution in [1.82, 2.24) is 4.90 Å². The van der Waals surface area contributed by atoms with Gasteiger partial charge in [0.1, 0.15) is 0 Å². The molecule has 0 amide bonds. The number of methoxy groups -OCH3 is 1. The van der Waals surface area contributed by atoms with Crippen molar-refractivity contribution >= 4 is 33.0 Å². The lowest BCUT2D eigenvalue weighted by atomic mass is 10.1. The van der Waals surface area contributed by atoms with E-state index >= 15 is 0 Å². The number of nitrogens with zero attached hydrogens (tertiary/aromatic N) is 1. The van der Waals surface area contributed by atoms with Gasteiger partial charge in [-0.2, -0.15) is 0 Å². The summed E-state index contributed by atoms with van der Waals surface area (Å²) in [4.78, 5) is 3.77. The first-order valence-corrected chi connectivity index (χ1v) is 7.88. The van der Waals surface area contributed by atoms with Gasteiger partial charge < -0.3 is 4.74 Å². The Morgan fingerprint density at radius 2 is 2.05 bits per heavy atom. The number of fused-ring (bicyclic) bond motifs is 1. The van der Waals surface area contributed by atoms with Crippen LogP contribution in [0.15, 0.2) is 24.3 Å². The Hall–Kier alpha value is -0.610. The molecule has 0 unspecified atom stereocenters. The molecule has 4 heteroatoms. The summed E-state index contributed by atoms with van der Waals surface area (Å²) in [6.45, 7) is 3.17. The fourth-order valence-electron chi connectivity index (χ4n) is 2.67. The molecule has 3 rings (SSSR count). The predicted octanol–water partition coefficient (Wildman–Crippen LogP) is 4.17. The molecular formula is C15H18ClNOS. The maximum Gasteiger partial charge on any atom is 0.0637 e. The Labute approximate surface area is 122 Å². The largest absolute Gasteiger partial charge is 0.381 e. The fourth-order valence-corrected chi connectivity index (χ4v) is 4.21. The van der Waals surface area contributed by atoms with Crippen LogP contribution in [0.1, 0.15) is 17.7 Å². The third-order valence-electron chi connectivity index (χ3n) is 3.84. The average Bonchev–Trinajstić information content (AvgIpc) is 2.77. The minimum atomic E-state index is 0.439. The number of likely N-dealkylation sites (tertiary alicyclic amines) is 1. The molecule has 0 atom stereocenters. The summed E-state index contributed by atoms with van der Waals surface area (Å²) in [6.07, 6.45) is 2.69. The van der Waals surface area contributed by atoms with Gasteiger partial charge in [-0.05, 0) is 18.9 Å². The third-order valence-corrected chi connectivity index (χ3v) is 5.54. The van der Waals surface area contributed by atoms with Crippen LogP contribution < -0.4 is 0 Å². The molecule has 0 N–H and O–H groups in total. The number of rotatable bonds is 3. The molecule has 1 aromatic carbocycles. The number of ether oxygens (including phenoxy) is 1. The topological polar surface area (TPSA) is 12.5 Å². The van der Waals surface area contributed by atoms with Crippen LogP contribution in [0.4, 0.5) is 0 Å². The fraction of sp³-hybridized carbons (Fsp3) is 0.467. The van der Waals surface area contributed by atoms with Gasteiger partial charge in [0, 0.05) is 41.7 Å². The van der Waals surface area contributed by atoms with Crippen LogP contribution in [-0.4, -0.2) is 31.2 Å². The molecule has 102 valence electrons. The van der Waals surface area contributed by atoms with Gasteiger partial charge in [-0.25, -0.2) is 0 Å². The summed E-state index contributed by atoms with van der Waals surface area (Å²) in [6, 6.07) is 8.37. The zero-order chi connectivity index (χ0) is 13.2. The van der Waals surface area contributed by atoms with Gasteiger partial charge in [0.05, 0.1) is 11.1 Å². The minimum absolute atomic E-state index is 0.439. The number of thiophene rings is 1. The van der Waals surface area contributed by atoms with E-state index in [1.54, 1.807) is 0 Å². The van der Waals surface area contributed by atoms with E-state index in [2.05, 4.69) is 29.2 Å². The van der Waals surface area contributed by atoms with E-state index in [0.29, 0.717) is 6.10 Å². The third kappa shape index (κ3) is 2.79. The number of hydrogen-bond donors (Lipinski definition) is 0. The number of halogens is 1. The zero-order valence-electron chi connectivity index (χ0n) is 11.1. The molecule has 2 nitrogen and oxygen atoms in total. The van der Waals surface area contributed by atoms with Crippen molar-refractivity contribution in [2.45, 2.75) is 25.5 Å². The van der Waals surface area contributed by atoms with Crippen molar-refractivity contribution in [2.75, 3.05) is 20.2 Å². The van der Waals surface area contributed by atoms with Crippen LogP contribution in [-0.2, 0) is 11.3 Å². The number of hydrogen-bond acceptors (Lipinski definition) is 3. The smallest absolute Gasteiger partial charge is 0.0637 e. The van der Waals surface area contributed by atoms with Crippen LogP contribution in [0.2, 0.25) is 5.02 Å². The SMILES string of the molecule is COC1CCN(Cc2sc3ccccc3c2Cl)CC1. The van der Waals surface area contributed by atoms with Crippen molar-refractivity contribution < 1.29 is 4.74 Å². The minimum Gasteiger partial charge on any atom is -0.381 e. The molecule has 2 aromatic rings. The molecule has 1 aliphatic rings. The first kappa shape index (κ1) is 13.4. The molecule has 0 aliphatic carbocycles. The van der Waals surface area contributed by atoms with E-state index in [9.17, 15) is 0 Å². The Kier molecular flexibility index (Phi) is 4.08. The molecular weight excluding hydrogens is 278 g/mol. The van der Waals surface area contributed by atoms with Crippen LogP contribution in [0.5, 0.6) is 0 Å². The second-order valence-electron chi connectivity index (χ2n) is 5.05. The molecule has 0 spiro atoms. The monoisotopic (exact) mass is 295 g/mol. The van der Waals surface area contributed by atoms with Gasteiger partial charge in [-0.3, -0.25) is 4.90 Å². The summed E-state index contributed by atoms with van der Waals surface area (Å²) in [5.74, 6) is 0. The number of benzene rings is 1. The van der Waals surface area contributed by atoms with Crippen molar-refractivity contribution in [3.63, 3.8) is 0 Å². The lowest BCUT2D eigenvalue weighted by molar-refractivity contribution is 0.0391. The van der Waals surface area contributed by atoms with Gasteiger partial charge in [0.2, 0.25) is 0 Å². The van der Waals surface area contributed by atoms with Crippen LogP contribution >= 0.6 is 22.9 Å². The highest BCUT2D eigenvalue weighted by molar-refractivity contribution is 7.19. The molecule has 0 bridgehead atoms. The Balaban J connectivity index is 1.73. The van der Waals surface area contributed by atoms with Crippen molar-refractivity contribution in [3.05, 3.63) is 34.2 Å². The molecule has 1 aromatic heterocycles. The van der Waals surface area contributed by atoms with E-state index in [4.69, 9.17) is 16.3 Å². The Bertz CT molecular complexity index is 560. The highest BCUT2D eigenvalue weighted by Crippen LogP contribution is 2.36. The first-order valence-electron chi connectivity index (χ1n) is 6.69. The predicted molar refractivity (Wildman–Crippen MR) is 82.1 cm³/mol. The summed E-state index contributed by atoms with van der Waals surface area (Å²) in [5.41, 5.74) is 0. The lowest BCUT2D eigenvalue weighted by Crippen LogP contribution is -2.35. The zero-order valence-corrected chi connectivity index (χ0v) is 12.6. The van der Waals surface area contributed by atoms with Gasteiger partial charge in [0.25, 0.3) is 0 Å². The summed E-state index contributed by atoms with van der Waals surface area (Å²) < 4.78 is 6.70. The maximum atomic E-state index is 6.49. The van der Waals surface area contributed by atoms with E-state index in [-0.39, 0.29) is 0 Å². The number of piperidine rings is 1. The van der Waals surface area contributed by atoms with E-state index in [1.165, 1.54) is 15.0 Å². The molecule has 1 saturated heterocycles. The molecule has 2 heterocycles. The Morgan fingerprint density at radius 1 is 1.32 bits per heavy atom. The highest BCUT2D eigenvalue weighted by atomic mass is 35.5. The second kappa shape index (κ2) is 5.80. The van der Waals surface area contributed by atoms with E-state index < -0.39 is 0 Å². The Morgan fingerprint density at radius 3 is 2.74 bits per heavy atom. The highest BCUT2D eigenvalue weighted by Gasteiger charge is 2.20. The quantitative estimate of drug-likeness (QED) is 0.843. The van der Waals surface area contributed by atoms with Gasteiger partial charge in [-0.15, -0.1) is 11.3 Å². The maximum absolute atomic E-state index is 6.49.